The molecule has 0 saturated carbocycles. The Morgan fingerprint density at radius 2 is 2.43 bits per heavy atom. The summed E-state index contributed by atoms with van der Waals surface area (Å²) in [6, 6.07) is 5.50. The molecule has 1 N–H and O–H groups in total. The molecule has 114 valence electrons. The Morgan fingerprint density at radius 1 is 1.62 bits per heavy atom. The van der Waals surface area contributed by atoms with E-state index in [-0.39, 0.29) is 6.10 Å². The summed E-state index contributed by atoms with van der Waals surface area (Å²) in [5.41, 5.74) is 0.718. The van der Waals surface area contributed by atoms with E-state index >= 15 is 0 Å². The van der Waals surface area contributed by atoms with Crippen LogP contribution in [0.3, 0.4) is 0 Å². The molecule has 1 aromatic rings. The summed E-state index contributed by atoms with van der Waals surface area (Å²) in [5.74, 6) is -0.342. The zero-order valence-electron chi connectivity index (χ0n) is 11.8. The summed E-state index contributed by atoms with van der Waals surface area (Å²) in [6.45, 7) is 2.91. The van der Waals surface area contributed by atoms with Gasteiger partial charge in [0.25, 0.3) is 0 Å². The summed E-state index contributed by atoms with van der Waals surface area (Å²) in [4.78, 5) is 12.8. The second-order valence-electron chi connectivity index (χ2n) is 4.92. The van der Waals surface area contributed by atoms with Crippen molar-refractivity contribution >= 4 is 28.0 Å². The van der Waals surface area contributed by atoms with Crippen molar-refractivity contribution in [2.75, 3.05) is 33.4 Å². The monoisotopic (exact) mass is 355 g/mol. The maximum atomic E-state index is 10.6. The lowest BCUT2D eigenvalue weighted by Gasteiger charge is -2.30. The first-order valence-corrected chi connectivity index (χ1v) is 7.47. The number of hydrogen-bond acceptors (Lipinski definition) is 4. The van der Waals surface area contributed by atoms with Gasteiger partial charge >= 0.3 is 5.97 Å². The minimum Gasteiger partial charge on any atom is -0.490 e. The van der Waals surface area contributed by atoms with Gasteiger partial charge in [-0.25, -0.2) is 4.79 Å². The number of likely N-dealkylation sites (N-methyl/N-ethyl adjacent to an activating group) is 1. The van der Waals surface area contributed by atoms with Crippen LogP contribution >= 0.6 is 15.9 Å². The molecule has 1 saturated heterocycles. The van der Waals surface area contributed by atoms with Crippen molar-refractivity contribution in [2.45, 2.75) is 6.10 Å². The van der Waals surface area contributed by atoms with Gasteiger partial charge < -0.3 is 19.5 Å². The number of morpholine rings is 1. The van der Waals surface area contributed by atoms with Crippen molar-refractivity contribution in [2.24, 2.45) is 0 Å². The van der Waals surface area contributed by atoms with Gasteiger partial charge in [-0.2, -0.15) is 0 Å². The van der Waals surface area contributed by atoms with Gasteiger partial charge in [0.2, 0.25) is 0 Å². The van der Waals surface area contributed by atoms with E-state index in [1.165, 1.54) is 6.08 Å². The van der Waals surface area contributed by atoms with Crippen molar-refractivity contribution in [3.63, 3.8) is 0 Å². The zero-order valence-corrected chi connectivity index (χ0v) is 13.4. The van der Waals surface area contributed by atoms with Crippen LogP contribution in [0.25, 0.3) is 6.08 Å². The van der Waals surface area contributed by atoms with Crippen molar-refractivity contribution in [3.8, 4) is 5.75 Å². The fourth-order valence-corrected chi connectivity index (χ4v) is 2.47. The SMILES string of the molecule is CN1CCOC(COc2ccc(Br)cc2C=CC(=O)O)C1. The number of benzene rings is 1. The van der Waals surface area contributed by atoms with Crippen LogP contribution in [0.4, 0.5) is 0 Å². The lowest BCUT2D eigenvalue weighted by molar-refractivity contribution is -0.131. The Kier molecular flexibility index (Phi) is 5.78. The van der Waals surface area contributed by atoms with Gasteiger partial charge in [0.05, 0.1) is 6.61 Å². The van der Waals surface area contributed by atoms with Gasteiger partial charge in [-0.05, 0) is 31.3 Å². The normalized spacial score (nSPS) is 19.8. The van der Waals surface area contributed by atoms with Gasteiger partial charge in [0, 0.05) is 29.2 Å². The molecule has 21 heavy (non-hydrogen) atoms. The maximum absolute atomic E-state index is 10.6. The number of halogens is 1. The molecule has 1 aromatic carbocycles. The predicted molar refractivity (Wildman–Crippen MR) is 83.5 cm³/mol. The van der Waals surface area contributed by atoms with Crippen LogP contribution < -0.4 is 4.74 Å². The molecule has 1 aliphatic heterocycles. The predicted octanol–water partition coefficient (Wildman–Crippen LogP) is 2.26. The van der Waals surface area contributed by atoms with E-state index in [0.29, 0.717) is 19.0 Å². The number of carbonyl (C=O) groups is 1. The summed E-state index contributed by atoms with van der Waals surface area (Å²) in [5, 5.41) is 8.73. The highest BCUT2D eigenvalue weighted by Crippen LogP contribution is 2.25. The fraction of sp³-hybridized carbons (Fsp3) is 0.400. The summed E-state index contributed by atoms with van der Waals surface area (Å²) in [7, 11) is 2.05. The Hall–Kier alpha value is -1.37. The topological polar surface area (TPSA) is 59.0 Å². The first-order valence-electron chi connectivity index (χ1n) is 6.68. The molecule has 1 aliphatic rings. The summed E-state index contributed by atoms with van der Waals surface area (Å²) >= 11 is 3.37. The molecular weight excluding hydrogens is 338 g/mol. The Bertz CT molecular complexity index is 532. The smallest absolute Gasteiger partial charge is 0.328 e. The maximum Gasteiger partial charge on any atom is 0.328 e. The summed E-state index contributed by atoms with van der Waals surface area (Å²) < 4.78 is 12.3. The van der Waals surface area contributed by atoms with Crippen LogP contribution in [-0.2, 0) is 9.53 Å². The van der Waals surface area contributed by atoms with Crippen molar-refractivity contribution in [1.82, 2.24) is 4.90 Å². The second kappa shape index (κ2) is 7.59. The van der Waals surface area contributed by atoms with Crippen molar-refractivity contribution in [1.29, 1.82) is 0 Å². The molecule has 1 heterocycles. The molecule has 2 rings (SSSR count). The van der Waals surface area contributed by atoms with Gasteiger partial charge in [-0.15, -0.1) is 0 Å². The average molecular weight is 356 g/mol. The van der Waals surface area contributed by atoms with Crippen molar-refractivity contribution in [3.05, 3.63) is 34.3 Å². The van der Waals surface area contributed by atoms with Gasteiger partial charge in [-0.3, -0.25) is 0 Å². The van der Waals surface area contributed by atoms with E-state index in [9.17, 15) is 4.79 Å². The molecule has 1 atom stereocenters. The third kappa shape index (κ3) is 5.15. The molecule has 5 nitrogen and oxygen atoms in total. The fourth-order valence-electron chi connectivity index (χ4n) is 2.09. The Labute approximate surface area is 132 Å². The van der Waals surface area contributed by atoms with E-state index in [1.807, 2.05) is 18.2 Å². The lowest BCUT2D eigenvalue weighted by atomic mass is 10.2. The molecule has 0 radical (unpaired) electrons. The highest BCUT2D eigenvalue weighted by molar-refractivity contribution is 9.10. The highest BCUT2D eigenvalue weighted by Gasteiger charge is 2.18. The third-order valence-electron chi connectivity index (χ3n) is 3.14. The molecule has 0 amide bonds. The summed E-state index contributed by atoms with van der Waals surface area (Å²) in [6.07, 6.45) is 2.65. The third-order valence-corrected chi connectivity index (χ3v) is 3.64. The molecule has 0 bridgehead atoms. The highest BCUT2D eigenvalue weighted by atomic mass is 79.9. The minimum atomic E-state index is -0.988. The van der Waals surface area contributed by atoms with Crippen LogP contribution in [-0.4, -0.2) is 55.4 Å². The number of ether oxygens (including phenoxy) is 2. The zero-order chi connectivity index (χ0) is 15.2. The molecule has 6 heteroatoms. The van der Waals surface area contributed by atoms with Crippen LogP contribution in [0.2, 0.25) is 0 Å². The first-order chi connectivity index (χ1) is 10.0. The number of carboxylic acids is 1. The standard InChI is InChI=1S/C15H18BrNO4/c1-17-6-7-20-13(9-17)10-21-14-4-3-12(16)8-11(14)2-5-15(18)19/h2-5,8,13H,6-7,9-10H2,1H3,(H,18,19). The second-order valence-corrected chi connectivity index (χ2v) is 5.84. The molecule has 0 aliphatic carbocycles. The number of carboxylic acid groups (broad SMARTS) is 1. The molecular formula is C15H18BrNO4. The number of nitrogens with zero attached hydrogens (tertiary/aromatic N) is 1. The Morgan fingerprint density at radius 3 is 3.14 bits per heavy atom. The number of aliphatic carboxylic acids is 1. The molecule has 1 unspecified atom stereocenters. The van der Waals surface area contributed by atoms with Crippen LogP contribution in [0.1, 0.15) is 5.56 Å². The lowest BCUT2D eigenvalue weighted by Crippen LogP contribution is -2.42. The quantitative estimate of drug-likeness (QED) is 0.821. The average Bonchev–Trinajstić information content (AvgIpc) is 2.44. The van der Waals surface area contributed by atoms with E-state index in [4.69, 9.17) is 14.6 Å². The van der Waals surface area contributed by atoms with Crippen LogP contribution in [0, 0.1) is 0 Å². The molecule has 1 fully saturated rings. The van der Waals surface area contributed by atoms with Crippen LogP contribution in [0.5, 0.6) is 5.75 Å². The Balaban J connectivity index is 2.03. The molecule has 0 spiro atoms. The minimum absolute atomic E-state index is 0.0312. The van der Waals surface area contributed by atoms with Crippen molar-refractivity contribution < 1.29 is 19.4 Å². The van der Waals surface area contributed by atoms with E-state index in [1.54, 1.807) is 0 Å². The van der Waals surface area contributed by atoms with E-state index in [2.05, 4.69) is 27.9 Å². The largest absolute Gasteiger partial charge is 0.490 e. The number of hydrogen-bond donors (Lipinski definition) is 1. The molecule has 0 aromatic heterocycles. The van der Waals surface area contributed by atoms with Crippen LogP contribution in [0.15, 0.2) is 28.7 Å². The van der Waals surface area contributed by atoms with Gasteiger partial charge in [0.15, 0.2) is 0 Å². The number of rotatable bonds is 5. The van der Waals surface area contributed by atoms with E-state index < -0.39 is 5.97 Å². The first kappa shape index (κ1) is 16.0. The van der Waals surface area contributed by atoms with Gasteiger partial charge in [0.1, 0.15) is 18.5 Å². The van der Waals surface area contributed by atoms with E-state index in [0.717, 1.165) is 29.2 Å². The van der Waals surface area contributed by atoms with Gasteiger partial charge in [-0.1, -0.05) is 15.9 Å².